The summed E-state index contributed by atoms with van der Waals surface area (Å²) in [5.41, 5.74) is 1.40. The Labute approximate surface area is 133 Å². The third-order valence-corrected chi connectivity index (χ3v) is 4.23. The summed E-state index contributed by atoms with van der Waals surface area (Å²) in [7, 11) is 0. The van der Waals surface area contributed by atoms with Crippen LogP contribution in [0.1, 0.15) is 74.3 Å². The second-order valence-electron chi connectivity index (χ2n) is 6.37. The summed E-state index contributed by atoms with van der Waals surface area (Å²) in [5.74, 6) is 0.139. The highest BCUT2D eigenvalue weighted by Crippen LogP contribution is 2.17. The van der Waals surface area contributed by atoms with Gasteiger partial charge in [0.15, 0.2) is 0 Å². The maximum absolute atomic E-state index is 12.3. The second kappa shape index (κ2) is 8.83. The van der Waals surface area contributed by atoms with Gasteiger partial charge in [-0.3, -0.25) is 4.79 Å². The third kappa shape index (κ3) is 5.05. The summed E-state index contributed by atoms with van der Waals surface area (Å²) < 4.78 is 0. The number of amides is 1. The Morgan fingerprint density at radius 1 is 1.23 bits per heavy atom. The molecule has 1 aromatic heterocycles. The molecule has 0 saturated heterocycles. The molecule has 1 fully saturated rings. The van der Waals surface area contributed by atoms with Crippen LogP contribution in [-0.4, -0.2) is 35.0 Å². The highest BCUT2D eigenvalue weighted by molar-refractivity contribution is 5.95. The first kappa shape index (κ1) is 16.9. The summed E-state index contributed by atoms with van der Waals surface area (Å²) in [4.78, 5) is 20.5. The molecule has 1 heterocycles. The monoisotopic (exact) mass is 304 g/mol. The minimum absolute atomic E-state index is 0.0769. The number of nitrogens with one attached hydrogen (secondary N) is 2. The highest BCUT2D eigenvalue weighted by Gasteiger charge is 2.15. The molecular formula is C17H28N4O. The van der Waals surface area contributed by atoms with Gasteiger partial charge >= 0.3 is 0 Å². The molecule has 1 amide bonds. The normalized spacial score (nSPS) is 16.5. The minimum atomic E-state index is -0.0769. The van der Waals surface area contributed by atoms with Crippen molar-refractivity contribution in [2.45, 2.75) is 64.3 Å². The van der Waals surface area contributed by atoms with Crippen LogP contribution in [-0.2, 0) is 0 Å². The van der Waals surface area contributed by atoms with Gasteiger partial charge in [0.1, 0.15) is 6.33 Å². The molecule has 22 heavy (non-hydrogen) atoms. The fourth-order valence-corrected chi connectivity index (χ4v) is 3.01. The lowest BCUT2D eigenvalue weighted by molar-refractivity contribution is 0.0951. The van der Waals surface area contributed by atoms with Gasteiger partial charge in [-0.1, -0.05) is 39.5 Å². The summed E-state index contributed by atoms with van der Waals surface area (Å²) >= 11 is 0. The van der Waals surface area contributed by atoms with Crippen LogP contribution < -0.4 is 10.6 Å². The number of carbonyl (C=O) groups is 1. The van der Waals surface area contributed by atoms with E-state index in [1.54, 1.807) is 6.20 Å². The van der Waals surface area contributed by atoms with Gasteiger partial charge in [0.05, 0.1) is 11.3 Å². The molecule has 122 valence electrons. The standard InChI is InChI=1S/C17H28N4O/c1-13(2)16-15(11-18-12-21-16)17(22)20-10-9-19-14-7-5-3-4-6-8-14/h11-14,19H,3-10H2,1-2H3,(H,20,22). The lowest BCUT2D eigenvalue weighted by Gasteiger charge is -2.16. The maximum atomic E-state index is 12.3. The summed E-state index contributed by atoms with van der Waals surface area (Å²) in [6.07, 6.45) is 11.0. The fraction of sp³-hybridized carbons (Fsp3) is 0.706. The number of hydrogen-bond donors (Lipinski definition) is 2. The zero-order valence-electron chi connectivity index (χ0n) is 13.8. The molecule has 1 aliphatic carbocycles. The predicted molar refractivity (Wildman–Crippen MR) is 87.9 cm³/mol. The van der Waals surface area contributed by atoms with Gasteiger partial charge in [0.25, 0.3) is 5.91 Å². The van der Waals surface area contributed by atoms with Crippen molar-refractivity contribution in [3.05, 3.63) is 23.8 Å². The van der Waals surface area contributed by atoms with Crippen LogP contribution in [0, 0.1) is 0 Å². The molecule has 1 saturated carbocycles. The van der Waals surface area contributed by atoms with Gasteiger partial charge in [-0.15, -0.1) is 0 Å². The van der Waals surface area contributed by atoms with Gasteiger partial charge in [-0.25, -0.2) is 9.97 Å². The third-order valence-electron chi connectivity index (χ3n) is 4.23. The Bertz CT molecular complexity index is 467. The minimum Gasteiger partial charge on any atom is -0.351 e. The highest BCUT2D eigenvalue weighted by atomic mass is 16.1. The molecule has 2 N–H and O–H groups in total. The summed E-state index contributed by atoms with van der Waals surface area (Å²) in [6, 6.07) is 0.616. The van der Waals surface area contributed by atoms with Gasteiger partial charge in [0.2, 0.25) is 0 Å². The Kier molecular flexibility index (Phi) is 6.77. The van der Waals surface area contributed by atoms with E-state index in [1.165, 1.54) is 44.9 Å². The molecule has 1 aromatic rings. The number of hydrogen-bond acceptors (Lipinski definition) is 4. The van der Waals surface area contributed by atoms with E-state index in [2.05, 4.69) is 20.6 Å². The van der Waals surface area contributed by atoms with Crippen molar-refractivity contribution in [1.29, 1.82) is 0 Å². The van der Waals surface area contributed by atoms with E-state index in [0.29, 0.717) is 18.2 Å². The van der Waals surface area contributed by atoms with Crippen molar-refractivity contribution in [2.75, 3.05) is 13.1 Å². The Morgan fingerprint density at radius 2 is 1.95 bits per heavy atom. The zero-order chi connectivity index (χ0) is 15.8. The van der Waals surface area contributed by atoms with E-state index in [9.17, 15) is 4.79 Å². The van der Waals surface area contributed by atoms with E-state index < -0.39 is 0 Å². The van der Waals surface area contributed by atoms with Crippen LogP contribution in [0.15, 0.2) is 12.5 Å². The molecule has 0 atom stereocenters. The van der Waals surface area contributed by atoms with Crippen LogP contribution in [0.5, 0.6) is 0 Å². The molecular weight excluding hydrogens is 276 g/mol. The number of carbonyl (C=O) groups excluding carboxylic acids is 1. The van der Waals surface area contributed by atoms with Crippen LogP contribution in [0.2, 0.25) is 0 Å². The van der Waals surface area contributed by atoms with Crippen molar-refractivity contribution in [3.63, 3.8) is 0 Å². The Balaban J connectivity index is 1.76. The van der Waals surface area contributed by atoms with Crippen molar-refractivity contribution >= 4 is 5.91 Å². The van der Waals surface area contributed by atoms with Crippen LogP contribution in [0.4, 0.5) is 0 Å². The predicted octanol–water partition coefficient (Wildman–Crippen LogP) is 2.64. The van der Waals surface area contributed by atoms with Crippen molar-refractivity contribution in [1.82, 2.24) is 20.6 Å². The number of rotatable bonds is 6. The molecule has 2 rings (SSSR count). The van der Waals surface area contributed by atoms with Gasteiger partial charge in [-0.2, -0.15) is 0 Å². The Morgan fingerprint density at radius 3 is 2.64 bits per heavy atom. The molecule has 0 aromatic carbocycles. The maximum Gasteiger partial charge on any atom is 0.254 e. The van der Waals surface area contributed by atoms with E-state index >= 15 is 0 Å². The average Bonchev–Trinajstić information content (AvgIpc) is 2.80. The van der Waals surface area contributed by atoms with E-state index in [0.717, 1.165) is 12.2 Å². The number of aromatic nitrogens is 2. The molecule has 0 bridgehead atoms. The van der Waals surface area contributed by atoms with Gasteiger partial charge < -0.3 is 10.6 Å². The molecule has 0 spiro atoms. The SMILES string of the molecule is CC(C)c1ncncc1C(=O)NCCNC1CCCCCC1. The summed E-state index contributed by atoms with van der Waals surface area (Å²) in [5, 5.41) is 6.53. The van der Waals surface area contributed by atoms with Crippen molar-refractivity contribution in [2.24, 2.45) is 0 Å². The van der Waals surface area contributed by atoms with Crippen molar-refractivity contribution in [3.8, 4) is 0 Å². The second-order valence-corrected chi connectivity index (χ2v) is 6.37. The number of nitrogens with zero attached hydrogens (tertiary/aromatic N) is 2. The summed E-state index contributed by atoms with van der Waals surface area (Å²) in [6.45, 7) is 5.53. The molecule has 5 nitrogen and oxygen atoms in total. The first-order chi connectivity index (χ1) is 10.7. The van der Waals surface area contributed by atoms with Crippen molar-refractivity contribution < 1.29 is 4.79 Å². The molecule has 0 radical (unpaired) electrons. The molecule has 0 unspecified atom stereocenters. The largest absolute Gasteiger partial charge is 0.351 e. The Hall–Kier alpha value is -1.49. The van der Waals surface area contributed by atoms with E-state index in [-0.39, 0.29) is 11.8 Å². The van der Waals surface area contributed by atoms with E-state index in [1.807, 2.05) is 13.8 Å². The molecule has 1 aliphatic rings. The van der Waals surface area contributed by atoms with Gasteiger partial charge in [-0.05, 0) is 18.8 Å². The van der Waals surface area contributed by atoms with Crippen LogP contribution >= 0.6 is 0 Å². The van der Waals surface area contributed by atoms with Crippen LogP contribution in [0.3, 0.4) is 0 Å². The lowest BCUT2D eigenvalue weighted by Crippen LogP contribution is -2.37. The quantitative estimate of drug-likeness (QED) is 0.626. The van der Waals surface area contributed by atoms with E-state index in [4.69, 9.17) is 0 Å². The zero-order valence-corrected chi connectivity index (χ0v) is 13.8. The smallest absolute Gasteiger partial charge is 0.254 e. The average molecular weight is 304 g/mol. The molecule has 5 heteroatoms. The lowest BCUT2D eigenvalue weighted by atomic mass is 10.0. The van der Waals surface area contributed by atoms with Gasteiger partial charge in [0, 0.05) is 25.3 Å². The van der Waals surface area contributed by atoms with Crippen LogP contribution in [0.25, 0.3) is 0 Å². The fourth-order valence-electron chi connectivity index (χ4n) is 3.01. The first-order valence-electron chi connectivity index (χ1n) is 8.50. The first-order valence-corrected chi connectivity index (χ1v) is 8.50. The molecule has 0 aliphatic heterocycles. The topological polar surface area (TPSA) is 66.9 Å².